The quantitative estimate of drug-likeness (QED) is 0.705. The molecule has 13 heavy (non-hydrogen) atoms. The molecule has 1 N–H and O–H groups in total. The average molecular weight is 183 g/mol. The molecule has 0 aromatic heterocycles. The minimum absolute atomic E-state index is 0.795. The number of nitrogens with one attached hydrogen (secondary N) is 1. The van der Waals surface area contributed by atoms with Crippen LogP contribution in [0, 0.1) is 11.8 Å². The van der Waals surface area contributed by atoms with Crippen molar-refractivity contribution in [2.24, 2.45) is 11.8 Å². The number of hydrogen-bond acceptors (Lipinski definition) is 2. The molecule has 0 amide bonds. The summed E-state index contributed by atoms with van der Waals surface area (Å²) < 4.78 is 5.41. The van der Waals surface area contributed by atoms with Crippen molar-refractivity contribution >= 4 is 0 Å². The van der Waals surface area contributed by atoms with E-state index in [0.29, 0.717) is 0 Å². The molecular weight excluding hydrogens is 162 g/mol. The Morgan fingerprint density at radius 1 is 1.08 bits per heavy atom. The molecule has 2 fully saturated rings. The van der Waals surface area contributed by atoms with Crippen molar-refractivity contribution in [3.8, 4) is 0 Å². The molecule has 2 heteroatoms. The molecule has 2 unspecified atom stereocenters. The Balaban J connectivity index is 1.90. The van der Waals surface area contributed by atoms with Gasteiger partial charge in [-0.15, -0.1) is 0 Å². The van der Waals surface area contributed by atoms with E-state index >= 15 is 0 Å². The van der Waals surface area contributed by atoms with Gasteiger partial charge >= 0.3 is 0 Å². The molecule has 76 valence electrons. The Morgan fingerprint density at radius 3 is 2.54 bits per heavy atom. The normalized spacial score (nSPS) is 36.7. The van der Waals surface area contributed by atoms with Crippen LogP contribution in [0.5, 0.6) is 0 Å². The maximum Gasteiger partial charge on any atom is 0.0468 e. The van der Waals surface area contributed by atoms with Crippen LogP contribution >= 0.6 is 0 Å². The summed E-state index contributed by atoms with van der Waals surface area (Å²) in [5.41, 5.74) is 0. The lowest BCUT2D eigenvalue weighted by Gasteiger charge is -2.31. The summed E-state index contributed by atoms with van der Waals surface area (Å²) in [5, 5.41) is 3.47. The van der Waals surface area contributed by atoms with E-state index in [4.69, 9.17) is 4.74 Å². The van der Waals surface area contributed by atoms with Gasteiger partial charge in [0.2, 0.25) is 0 Å². The van der Waals surface area contributed by atoms with Crippen LogP contribution in [-0.4, -0.2) is 26.3 Å². The average Bonchev–Trinajstić information content (AvgIpc) is 2.67. The van der Waals surface area contributed by atoms with Gasteiger partial charge in [0.25, 0.3) is 0 Å². The minimum atomic E-state index is 0.795. The lowest BCUT2D eigenvalue weighted by Crippen LogP contribution is -2.35. The van der Waals surface area contributed by atoms with Crippen LogP contribution in [-0.2, 0) is 4.74 Å². The predicted octanol–water partition coefficient (Wildman–Crippen LogP) is 1.80. The highest BCUT2D eigenvalue weighted by molar-refractivity contribution is 4.87. The lowest BCUT2D eigenvalue weighted by atomic mass is 9.83. The van der Waals surface area contributed by atoms with E-state index in [0.717, 1.165) is 31.1 Å². The zero-order valence-corrected chi connectivity index (χ0v) is 8.59. The van der Waals surface area contributed by atoms with E-state index in [9.17, 15) is 0 Å². The molecule has 1 saturated heterocycles. The first kappa shape index (κ1) is 9.47. The molecule has 1 aliphatic carbocycles. The molecule has 0 aromatic carbocycles. The monoisotopic (exact) mass is 183 g/mol. The fourth-order valence-electron chi connectivity index (χ4n) is 3.06. The van der Waals surface area contributed by atoms with Crippen molar-refractivity contribution in [3.05, 3.63) is 0 Å². The minimum Gasteiger partial charge on any atom is -0.381 e. The molecule has 2 rings (SSSR count). The Kier molecular flexibility index (Phi) is 3.23. The molecule has 0 bridgehead atoms. The highest BCUT2D eigenvalue weighted by Crippen LogP contribution is 2.36. The van der Waals surface area contributed by atoms with Gasteiger partial charge in [-0.1, -0.05) is 6.42 Å². The Bertz CT molecular complexity index is 154. The Hall–Kier alpha value is -0.0800. The first-order valence-corrected chi connectivity index (χ1v) is 5.67. The van der Waals surface area contributed by atoms with Gasteiger partial charge in [-0.05, 0) is 44.6 Å². The maximum atomic E-state index is 5.41. The third kappa shape index (κ3) is 2.05. The van der Waals surface area contributed by atoms with Crippen molar-refractivity contribution in [3.63, 3.8) is 0 Å². The van der Waals surface area contributed by atoms with Gasteiger partial charge in [-0.3, -0.25) is 0 Å². The van der Waals surface area contributed by atoms with E-state index < -0.39 is 0 Å². The first-order valence-electron chi connectivity index (χ1n) is 5.67. The third-order valence-corrected chi connectivity index (χ3v) is 3.81. The second kappa shape index (κ2) is 4.43. The SMILES string of the molecule is CNC1CCCC1C1CCOCC1. The van der Waals surface area contributed by atoms with Crippen LogP contribution in [0.25, 0.3) is 0 Å². The van der Waals surface area contributed by atoms with Crippen LogP contribution in [0.2, 0.25) is 0 Å². The van der Waals surface area contributed by atoms with E-state index in [2.05, 4.69) is 12.4 Å². The fraction of sp³-hybridized carbons (Fsp3) is 1.00. The summed E-state index contributed by atoms with van der Waals surface area (Å²) in [4.78, 5) is 0. The number of ether oxygens (including phenoxy) is 1. The van der Waals surface area contributed by atoms with Crippen LogP contribution in [0.4, 0.5) is 0 Å². The Morgan fingerprint density at radius 2 is 1.85 bits per heavy atom. The van der Waals surface area contributed by atoms with Crippen molar-refractivity contribution in [1.82, 2.24) is 5.32 Å². The van der Waals surface area contributed by atoms with Crippen molar-refractivity contribution in [1.29, 1.82) is 0 Å². The summed E-state index contributed by atoms with van der Waals surface area (Å²) in [6.07, 6.45) is 6.84. The van der Waals surface area contributed by atoms with Gasteiger partial charge in [0, 0.05) is 19.3 Å². The summed E-state index contributed by atoms with van der Waals surface area (Å²) in [7, 11) is 2.11. The van der Waals surface area contributed by atoms with Crippen LogP contribution in [0.3, 0.4) is 0 Å². The van der Waals surface area contributed by atoms with E-state index in [-0.39, 0.29) is 0 Å². The van der Waals surface area contributed by atoms with Gasteiger partial charge in [-0.2, -0.15) is 0 Å². The van der Waals surface area contributed by atoms with Gasteiger partial charge < -0.3 is 10.1 Å². The zero-order valence-electron chi connectivity index (χ0n) is 8.59. The van der Waals surface area contributed by atoms with E-state index in [1.807, 2.05) is 0 Å². The van der Waals surface area contributed by atoms with Crippen LogP contribution in [0.1, 0.15) is 32.1 Å². The Labute approximate surface area is 81.0 Å². The highest BCUT2D eigenvalue weighted by Gasteiger charge is 2.33. The molecule has 1 heterocycles. The zero-order chi connectivity index (χ0) is 9.10. The summed E-state index contributed by atoms with van der Waals surface area (Å²) >= 11 is 0. The molecule has 0 aromatic rings. The molecule has 2 atom stereocenters. The second-order valence-electron chi connectivity index (χ2n) is 4.44. The van der Waals surface area contributed by atoms with Crippen molar-refractivity contribution in [2.45, 2.75) is 38.1 Å². The lowest BCUT2D eigenvalue weighted by molar-refractivity contribution is 0.0432. The summed E-state index contributed by atoms with van der Waals surface area (Å²) in [5.74, 6) is 1.88. The molecule has 2 nitrogen and oxygen atoms in total. The second-order valence-corrected chi connectivity index (χ2v) is 4.44. The highest BCUT2D eigenvalue weighted by atomic mass is 16.5. The molecule has 0 spiro atoms. The van der Waals surface area contributed by atoms with E-state index in [1.165, 1.54) is 32.1 Å². The standard InChI is InChI=1S/C11H21NO/c1-12-11-4-2-3-10(11)9-5-7-13-8-6-9/h9-12H,2-8H2,1H3. The molecule has 1 saturated carbocycles. The molecule has 0 radical (unpaired) electrons. The van der Waals surface area contributed by atoms with Crippen molar-refractivity contribution in [2.75, 3.05) is 20.3 Å². The largest absolute Gasteiger partial charge is 0.381 e. The first-order chi connectivity index (χ1) is 6.42. The van der Waals surface area contributed by atoms with Crippen molar-refractivity contribution < 1.29 is 4.74 Å². The molecule has 2 aliphatic rings. The van der Waals surface area contributed by atoms with Crippen LogP contribution in [0.15, 0.2) is 0 Å². The van der Waals surface area contributed by atoms with Gasteiger partial charge in [0.1, 0.15) is 0 Å². The topological polar surface area (TPSA) is 21.3 Å². The van der Waals surface area contributed by atoms with Crippen LogP contribution < -0.4 is 5.32 Å². The number of hydrogen-bond donors (Lipinski definition) is 1. The number of rotatable bonds is 2. The smallest absolute Gasteiger partial charge is 0.0468 e. The van der Waals surface area contributed by atoms with Gasteiger partial charge in [0.05, 0.1) is 0 Å². The summed E-state index contributed by atoms with van der Waals surface area (Å²) in [6.45, 7) is 2.00. The third-order valence-electron chi connectivity index (χ3n) is 3.81. The van der Waals surface area contributed by atoms with E-state index in [1.54, 1.807) is 0 Å². The predicted molar refractivity (Wildman–Crippen MR) is 53.7 cm³/mol. The maximum absolute atomic E-state index is 5.41. The molecular formula is C11H21NO. The fourth-order valence-corrected chi connectivity index (χ4v) is 3.06. The molecule has 1 aliphatic heterocycles. The van der Waals surface area contributed by atoms with Gasteiger partial charge in [0.15, 0.2) is 0 Å². The van der Waals surface area contributed by atoms with Gasteiger partial charge in [-0.25, -0.2) is 0 Å². The summed E-state index contributed by atoms with van der Waals surface area (Å²) in [6, 6.07) is 0.795.